The van der Waals surface area contributed by atoms with Crippen LogP contribution in [0.5, 0.6) is 0 Å². The smallest absolute Gasteiger partial charge is 0.338 e. The van der Waals surface area contributed by atoms with Crippen molar-refractivity contribution in [3.8, 4) is 0 Å². The molecule has 1 aromatic heterocycles. The summed E-state index contributed by atoms with van der Waals surface area (Å²) in [7, 11) is 0. The number of aryl methyl sites for hydroxylation is 1. The number of hydrogen-bond acceptors (Lipinski definition) is 1. The Kier molecular flexibility index (Phi) is 2.39. The van der Waals surface area contributed by atoms with Gasteiger partial charge in [0.1, 0.15) is 0 Å². The zero-order valence-corrected chi connectivity index (χ0v) is 9.65. The molecule has 3 heteroatoms. The van der Waals surface area contributed by atoms with Gasteiger partial charge in [-0.1, -0.05) is 24.6 Å². The lowest BCUT2D eigenvalue weighted by Crippen LogP contribution is -2.04. The van der Waals surface area contributed by atoms with E-state index in [2.05, 4.69) is 4.57 Å². The number of benzene rings is 1. The van der Waals surface area contributed by atoms with Crippen molar-refractivity contribution in [3.63, 3.8) is 0 Å². The third kappa shape index (κ3) is 1.54. The number of carboxylic acid groups (broad SMARTS) is 1. The summed E-state index contributed by atoms with van der Waals surface area (Å²) in [5.74, 6) is -0.795. The molecule has 2 heterocycles. The van der Waals surface area contributed by atoms with Crippen LogP contribution < -0.4 is 0 Å². The second-order valence-electron chi connectivity index (χ2n) is 4.61. The predicted molar refractivity (Wildman–Crippen MR) is 66.5 cm³/mol. The summed E-state index contributed by atoms with van der Waals surface area (Å²) in [4.78, 5) is 11.4. The van der Waals surface area contributed by atoms with E-state index in [4.69, 9.17) is 0 Å². The highest BCUT2D eigenvalue weighted by molar-refractivity contribution is 6.05. The first-order valence-corrected chi connectivity index (χ1v) is 6.12. The molecule has 88 valence electrons. The van der Waals surface area contributed by atoms with Gasteiger partial charge in [0.25, 0.3) is 0 Å². The summed E-state index contributed by atoms with van der Waals surface area (Å²) in [5, 5.41) is 10.3. The Hall–Kier alpha value is -1.77. The summed E-state index contributed by atoms with van der Waals surface area (Å²) in [6.07, 6.45) is 4.31. The molecular formula is C14H15NO2. The van der Waals surface area contributed by atoms with E-state index in [0.717, 1.165) is 42.4 Å². The van der Waals surface area contributed by atoms with Gasteiger partial charge in [-0.3, -0.25) is 0 Å². The molecule has 1 aliphatic rings. The van der Waals surface area contributed by atoms with Crippen molar-refractivity contribution in [3.05, 3.63) is 35.5 Å². The van der Waals surface area contributed by atoms with Gasteiger partial charge in [-0.2, -0.15) is 0 Å². The minimum atomic E-state index is -0.795. The van der Waals surface area contributed by atoms with E-state index in [0.29, 0.717) is 5.56 Å². The van der Waals surface area contributed by atoms with E-state index in [1.54, 1.807) is 0 Å². The Bertz CT molecular complexity index is 583. The number of hydrogen-bond donors (Lipinski definition) is 1. The monoisotopic (exact) mass is 229 g/mol. The molecule has 1 aromatic carbocycles. The maximum Gasteiger partial charge on any atom is 0.338 e. The van der Waals surface area contributed by atoms with Crippen LogP contribution in [0.15, 0.2) is 24.3 Å². The average molecular weight is 229 g/mol. The molecule has 0 radical (unpaired) electrons. The summed E-state index contributed by atoms with van der Waals surface area (Å²) >= 11 is 0. The first-order valence-electron chi connectivity index (χ1n) is 6.12. The zero-order valence-electron chi connectivity index (χ0n) is 9.65. The Morgan fingerprint density at radius 1 is 1.18 bits per heavy atom. The van der Waals surface area contributed by atoms with Crippen molar-refractivity contribution >= 4 is 16.9 Å². The van der Waals surface area contributed by atoms with Gasteiger partial charge < -0.3 is 9.67 Å². The van der Waals surface area contributed by atoms with Crippen molar-refractivity contribution < 1.29 is 9.90 Å². The van der Waals surface area contributed by atoms with Crippen molar-refractivity contribution in [1.29, 1.82) is 0 Å². The van der Waals surface area contributed by atoms with Crippen LogP contribution in [-0.2, 0) is 13.0 Å². The van der Waals surface area contributed by atoms with Crippen LogP contribution in [0.25, 0.3) is 10.9 Å². The van der Waals surface area contributed by atoms with E-state index in [9.17, 15) is 9.90 Å². The Labute approximate surface area is 99.7 Å². The number of fused-ring (bicyclic) bond motifs is 3. The largest absolute Gasteiger partial charge is 0.478 e. The molecular weight excluding hydrogens is 214 g/mol. The molecule has 2 aromatic rings. The van der Waals surface area contributed by atoms with Crippen LogP contribution in [0, 0.1) is 0 Å². The minimum absolute atomic E-state index is 0.516. The molecule has 0 saturated heterocycles. The second kappa shape index (κ2) is 3.91. The lowest BCUT2D eigenvalue weighted by molar-refractivity contribution is 0.0697. The number of aromatic nitrogens is 1. The molecule has 0 spiro atoms. The predicted octanol–water partition coefficient (Wildman–Crippen LogP) is 3.07. The molecule has 0 atom stereocenters. The minimum Gasteiger partial charge on any atom is -0.478 e. The Morgan fingerprint density at radius 2 is 2.00 bits per heavy atom. The van der Waals surface area contributed by atoms with Crippen molar-refractivity contribution in [2.75, 3.05) is 0 Å². The first-order chi connectivity index (χ1) is 8.29. The lowest BCUT2D eigenvalue weighted by Gasteiger charge is -2.05. The van der Waals surface area contributed by atoms with Crippen LogP contribution in [-0.4, -0.2) is 15.6 Å². The third-order valence-corrected chi connectivity index (χ3v) is 3.59. The van der Waals surface area contributed by atoms with Crippen LogP contribution in [0.2, 0.25) is 0 Å². The standard InChI is InChI=1S/C14H15NO2/c16-14(17)13-10-6-3-4-7-11(10)15-9-5-1-2-8-12(13)15/h3-4,6-7H,1-2,5,8-9H2,(H,16,17). The quantitative estimate of drug-likeness (QED) is 0.816. The summed E-state index contributed by atoms with van der Waals surface area (Å²) < 4.78 is 2.20. The number of carboxylic acids is 1. The summed E-state index contributed by atoms with van der Waals surface area (Å²) in [6.45, 7) is 0.948. The van der Waals surface area contributed by atoms with Crippen molar-refractivity contribution in [2.45, 2.75) is 32.2 Å². The first kappa shape index (κ1) is 10.4. The van der Waals surface area contributed by atoms with Crippen LogP contribution >= 0.6 is 0 Å². The average Bonchev–Trinajstić information content (AvgIpc) is 2.48. The lowest BCUT2D eigenvalue weighted by atomic mass is 10.1. The zero-order chi connectivity index (χ0) is 11.8. The Morgan fingerprint density at radius 3 is 2.82 bits per heavy atom. The van der Waals surface area contributed by atoms with E-state index in [1.807, 2.05) is 24.3 Å². The third-order valence-electron chi connectivity index (χ3n) is 3.59. The number of nitrogens with zero attached hydrogens (tertiary/aromatic N) is 1. The number of para-hydroxylation sites is 1. The molecule has 0 unspecified atom stereocenters. The number of rotatable bonds is 1. The van der Waals surface area contributed by atoms with Gasteiger partial charge in [0.05, 0.1) is 5.56 Å². The SMILES string of the molecule is O=C(O)c1c2n(c3ccccc13)CCCCC2. The van der Waals surface area contributed by atoms with Gasteiger partial charge in [0.15, 0.2) is 0 Å². The molecule has 0 amide bonds. The topological polar surface area (TPSA) is 42.2 Å². The van der Waals surface area contributed by atoms with Crippen LogP contribution in [0.1, 0.15) is 35.3 Å². The molecule has 0 saturated carbocycles. The fraction of sp³-hybridized carbons (Fsp3) is 0.357. The molecule has 0 fully saturated rings. The molecule has 17 heavy (non-hydrogen) atoms. The second-order valence-corrected chi connectivity index (χ2v) is 4.61. The molecule has 0 aliphatic carbocycles. The van der Waals surface area contributed by atoms with Crippen LogP contribution in [0.3, 0.4) is 0 Å². The van der Waals surface area contributed by atoms with E-state index in [-0.39, 0.29) is 0 Å². The van der Waals surface area contributed by atoms with E-state index >= 15 is 0 Å². The van der Waals surface area contributed by atoms with Crippen LogP contribution in [0.4, 0.5) is 0 Å². The van der Waals surface area contributed by atoms with E-state index < -0.39 is 5.97 Å². The highest BCUT2D eigenvalue weighted by Crippen LogP contribution is 2.30. The molecule has 3 nitrogen and oxygen atoms in total. The molecule has 1 N–H and O–H groups in total. The fourth-order valence-corrected chi connectivity index (χ4v) is 2.85. The van der Waals surface area contributed by atoms with Gasteiger partial charge in [0, 0.05) is 23.1 Å². The Balaban J connectivity index is 2.36. The summed E-state index contributed by atoms with van der Waals surface area (Å²) in [6, 6.07) is 7.83. The fourth-order valence-electron chi connectivity index (χ4n) is 2.85. The maximum absolute atomic E-state index is 11.4. The van der Waals surface area contributed by atoms with Gasteiger partial charge in [-0.05, 0) is 25.3 Å². The number of aromatic carboxylic acids is 1. The normalized spacial score (nSPS) is 15.5. The number of carbonyl (C=O) groups is 1. The molecule has 3 rings (SSSR count). The van der Waals surface area contributed by atoms with Crippen molar-refractivity contribution in [2.24, 2.45) is 0 Å². The van der Waals surface area contributed by atoms with Gasteiger partial charge >= 0.3 is 5.97 Å². The molecule has 1 aliphatic heterocycles. The summed E-state index contributed by atoms with van der Waals surface area (Å²) in [5.41, 5.74) is 2.60. The molecule has 0 bridgehead atoms. The van der Waals surface area contributed by atoms with Gasteiger partial charge in [-0.15, -0.1) is 0 Å². The van der Waals surface area contributed by atoms with E-state index in [1.165, 1.54) is 6.42 Å². The highest BCUT2D eigenvalue weighted by Gasteiger charge is 2.22. The van der Waals surface area contributed by atoms with Crippen molar-refractivity contribution in [1.82, 2.24) is 4.57 Å². The van der Waals surface area contributed by atoms with Gasteiger partial charge in [-0.25, -0.2) is 4.79 Å². The van der Waals surface area contributed by atoms with Gasteiger partial charge in [0.2, 0.25) is 0 Å². The highest BCUT2D eigenvalue weighted by atomic mass is 16.4. The maximum atomic E-state index is 11.4.